The molecule has 1 amide bonds. The van der Waals surface area contributed by atoms with Gasteiger partial charge in [0, 0.05) is 24.9 Å². The van der Waals surface area contributed by atoms with E-state index in [9.17, 15) is 13.2 Å². The van der Waals surface area contributed by atoms with Gasteiger partial charge in [0.2, 0.25) is 15.9 Å². The van der Waals surface area contributed by atoms with Gasteiger partial charge in [0.05, 0.1) is 23.7 Å². The van der Waals surface area contributed by atoms with Crippen LogP contribution in [0.5, 0.6) is 11.5 Å². The molecule has 0 bridgehead atoms. The molecule has 31 heavy (non-hydrogen) atoms. The molecule has 0 radical (unpaired) electrons. The molecule has 1 fully saturated rings. The topological polar surface area (TPSA) is 84.9 Å². The summed E-state index contributed by atoms with van der Waals surface area (Å²) in [4.78, 5) is 13.9. The van der Waals surface area contributed by atoms with Crippen molar-refractivity contribution in [1.82, 2.24) is 4.72 Å². The molecule has 8 heteroatoms. The number of anilines is 1. The molecule has 2 aliphatic rings. The first-order valence-corrected chi connectivity index (χ1v) is 11.9. The molecule has 2 aromatic rings. The van der Waals surface area contributed by atoms with Gasteiger partial charge in [-0.1, -0.05) is 17.7 Å². The predicted octanol–water partition coefficient (Wildman–Crippen LogP) is 3.71. The summed E-state index contributed by atoms with van der Waals surface area (Å²) in [5.74, 6) is 1.13. The molecule has 1 unspecified atom stereocenters. The first-order chi connectivity index (χ1) is 14.6. The maximum Gasteiger partial charge on any atom is 0.241 e. The van der Waals surface area contributed by atoms with E-state index in [1.165, 1.54) is 19.2 Å². The standard InChI is InChI=1S/C23H28N2O5S/c1-15-7-9-20-17(12-15)18(14-23(2,3)30-20)24-31(27,28)16-8-10-21(29-4)19(13-16)25-11-5-6-22(25)26/h7-10,12-13,18,24H,5-6,11,14H2,1-4H3. The molecular formula is C23H28N2O5S. The lowest BCUT2D eigenvalue weighted by molar-refractivity contribution is -0.117. The maximum absolute atomic E-state index is 13.4. The lowest BCUT2D eigenvalue weighted by Gasteiger charge is -2.38. The van der Waals surface area contributed by atoms with E-state index in [-0.39, 0.29) is 10.8 Å². The molecule has 0 spiro atoms. The summed E-state index contributed by atoms with van der Waals surface area (Å²) in [6.45, 7) is 6.41. The third kappa shape index (κ3) is 4.27. The Kier molecular flexibility index (Phi) is 5.47. The van der Waals surface area contributed by atoms with Crippen molar-refractivity contribution in [2.45, 2.75) is 56.6 Å². The van der Waals surface area contributed by atoms with Crippen LogP contribution in [-0.2, 0) is 14.8 Å². The van der Waals surface area contributed by atoms with E-state index in [4.69, 9.17) is 9.47 Å². The monoisotopic (exact) mass is 444 g/mol. The van der Waals surface area contributed by atoms with Gasteiger partial charge in [0.25, 0.3) is 0 Å². The highest BCUT2D eigenvalue weighted by Crippen LogP contribution is 2.41. The zero-order chi connectivity index (χ0) is 22.4. The minimum absolute atomic E-state index is 0.0311. The number of methoxy groups -OCH3 is 1. The summed E-state index contributed by atoms with van der Waals surface area (Å²) in [5, 5.41) is 0. The van der Waals surface area contributed by atoms with Crippen LogP contribution >= 0.6 is 0 Å². The number of hydrogen-bond acceptors (Lipinski definition) is 5. The van der Waals surface area contributed by atoms with Gasteiger partial charge in [-0.2, -0.15) is 0 Å². The highest BCUT2D eigenvalue weighted by atomic mass is 32.2. The normalized spacial score (nSPS) is 20.3. The number of benzene rings is 2. The van der Waals surface area contributed by atoms with Gasteiger partial charge in [-0.25, -0.2) is 13.1 Å². The molecule has 1 N–H and O–H groups in total. The van der Waals surface area contributed by atoms with Gasteiger partial charge < -0.3 is 14.4 Å². The molecule has 4 rings (SSSR count). The summed E-state index contributed by atoms with van der Waals surface area (Å²) in [5.41, 5.74) is 1.83. The molecule has 0 aliphatic carbocycles. The van der Waals surface area contributed by atoms with E-state index >= 15 is 0 Å². The Hall–Kier alpha value is -2.58. The van der Waals surface area contributed by atoms with E-state index in [0.717, 1.165) is 17.5 Å². The van der Waals surface area contributed by atoms with E-state index in [1.54, 1.807) is 11.0 Å². The Morgan fingerprint density at radius 1 is 1.19 bits per heavy atom. The first kappa shape index (κ1) is 21.6. The number of hydrogen-bond donors (Lipinski definition) is 1. The number of aryl methyl sites for hydroxylation is 1. The molecule has 2 aliphatic heterocycles. The molecular weight excluding hydrogens is 416 g/mol. The minimum atomic E-state index is -3.86. The van der Waals surface area contributed by atoms with Crippen LogP contribution in [-0.4, -0.2) is 33.6 Å². The third-order valence-electron chi connectivity index (χ3n) is 5.74. The van der Waals surface area contributed by atoms with Crippen LogP contribution in [0.15, 0.2) is 41.3 Å². The number of nitrogens with zero attached hydrogens (tertiary/aromatic N) is 1. The van der Waals surface area contributed by atoms with Crippen LogP contribution < -0.4 is 19.1 Å². The number of carbonyl (C=O) groups is 1. The SMILES string of the molecule is COc1ccc(S(=O)(=O)NC2CC(C)(C)Oc3ccc(C)cc32)cc1N1CCCC1=O. The van der Waals surface area contributed by atoms with Crippen LogP contribution in [0, 0.1) is 6.92 Å². The fourth-order valence-corrected chi connectivity index (χ4v) is 5.52. The smallest absolute Gasteiger partial charge is 0.241 e. The molecule has 0 saturated carbocycles. The van der Waals surface area contributed by atoms with E-state index in [1.807, 2.05) is 39.0 Å². The highest BCUT2D eigenvalue weighted by molar-refractivity contribution is 7.89. The number of ether oxygens (including phenoxy) is 2. The Morgan fingerprint density at radius 2 is 1.97 bits per heavy atom. The fourth-order valence-electron chi connectivity index (χ4n) is 4.29. The minimum Gasteiger partial charge on any atom is -0.495 e. The van der Waals surface area contributed by atoms with Gasteiger partial charge in [0.15, 0.2) is 0 Å². The van der Waals surface area contributed by atoms with Crippen LogP contribution in [0.4, 0.5) is 5.69 Å². The summed E-state index contributed by atoms with van der Waals surface area (Å²) >= 11 is 0. The zero-order valence-electron chi connectivity index (χ0n) is 18.3. The number of sulfonamides is 1. The Labute approximate surface area is 183 Å². The van der Waals surface area contributed by atoms with Gasteiger partial charge >= 0.3 is 0 Å². The van der Waals surface area contributed by atoms with Crippen molar-refractivity contribution >= 4 is 21.6 Å². The van der Waals surface area contributed by atoms with Gasteiger partial charge in [-0.15, -0.1) is 0 Å². The van der Waals surface area contributed by atoms with Crippen LogP contribution in [0.25, 0.3) is 0 Å². The molecule has 7 nitrogen and oxygen atoms in total. The number of carbonyl (C=O) groups excluding carboxylic acids is 1. The lowest BCUT2D eigenvalue weighted by Crippen LogP contribution is -2.41. The summed E-state index contributed by atoms with van der Waals surface area (Å²) < 4.78 is 41.0. The Morgan fingerprint density at radius 3 is 2.65 bits per heavy atom. The largest absolute Gasteiger partial charge is 0.495 e. The quantitative estimate of drug-likeness (QED) is 0.760. The van der Waals surface area contributed by atoms with E-state index < -0.39 is 21.7 Å². The zero-order valence-corrected chi connectivity index (χ0v) is 19.1. The van der Waals surface area contributed by atoms with Gasteiger partial charge in [0.1, 0.15) is 17.1 Å². The van der Waals surface area contributed by atoms with Crippen molar-refractivity contribution in [2.24, 2.45) is 0 Å². The molecule has 2 heterocycles. The first-order valence-electron chi connectivity index (χ1n) is 10.4. The van der Waals surface area contributed by atoms with E-state index in [2.05, 4.69) is 4.72 Å². The van der Waals surface area contributed by atoms with Crippen LogP contribution in [0.2, 0.25) is 0 Å². The predicted molar refractivity (Wildman–Crippen MR) is 118 cm³/mol. The van der Waals surface area contributed by atoms with Gasteiger partial charge in [-0.05, 0) is 51.5 Å². The van der Waals surface area contributed by atoms with Crippen molar-refractivity contribution in [1.29, 1.82) is 0 Å². The summed E-state index contributed by atoms with van der Waals surface area (Å²) in [6, 6.07) is 9.99. The third-order valence-corrected chi connectivity index (χ3v) is 7.21. The molecule has 0 aromatic heterocycles. The number of rotatable bonds is 5. The van der Waals surface area contributed by atoms with Crippen molar-refractivity contribution in [3.05, 3.63) is 47.5 Å². The number of amides is 1. The van der Waals surface area contributed by atoms with Crippen molar-refractivity contribution < 1.29 is 22.7 Å². The van der Waals surface area contributed by atoms with Crippen molar-refractivity contribution in [2.75, 3.05) is 18.6 Å². The second-order valence-electron chi connectivity index (χ2n) is 8.76. The summed E-state index contributed by atoms with van der Waals surface area (Å²) in [6.07, 6.45) is 1.69. The molecule has 1 atom stereocenters. The number of nitrogens with one attached hydrogen (secondary N) is 1. The molecule has 166 valence electrons. The molecule has 2 aromatic carbocycles. The summed E-state index contributed by atoms with van der Waals surface area (Å²) in [7, 11) is -2.35. The van der Waals surface area contributed by atoms with Crippen molar-refractivity contribution in [3.8, 4) is 11.5 Å². The highest BCUT2D eigenvalue weighted by Gasteiger charge is 2.36. The number of fused-ring (bicyclic) bond motifs is 1. The van der Waals surface area contributed by atoms with Gasteiger partial charge in [-0.3, -0.25) is 4.79 Å². The Bertz CT molecular complexity index is 1130. The lowest BCUT2D eigenvalue weighted by atomic mass is 9.89. The van der Waals surface area contributed by atoms with Crippen LogP contribution in [0.1, 0.15) is 50.3 Å². The molecule has 1 saturated heterocycles. The Balaban J connectivity index is 1.70. The van der Waals surface area contributed by atoms with Crippen LogP contribution in [0.3, 0.4) is 0 Å². The second-order valence-corrected chi connectivity index (χ2v) is 10.5. The second kappa shape index (κ2) is 7.84. The fraction of sp³-hybridized carbons (Fsp3) is 0.435. The average molecular weight is 445 g/mol. The van der Waals surface area contributed by atoms with E-state index in [0.29, 0.717) is 36.6 Å². The maximum atomic E-state index is 13.4. The average Bonchev–Trinajstić information content (AvgIpc) is 3.13. The van der Waals surface area contributed by atoms with Crippen molar-refractivity contribution in [3.63, 3.8) is 0 Å².